The minimum absolute atomic E-state index is 0.103. The van der Waals surface area contributed by atoms with Gasteiger partial charge in [-0.15, -0.1) is 0 Å². The smallest absolute Gasteiger partial charge is 0.0496 e. The highest BCUT2D eigenvalue weighted by Crippen LogP contribution is 2.25. The summed E-state index contributed by atoms with van der Waals surface area (Å²) in [5.74, 6) is 0.937. The van der Waals surface area contributed by atoms with E-state index >= 15 is 0 Å². The maximum Gasteiger partial charge on any atom is 0.0496 e. The highest BCUT2D eigenvalue weighted by molar-refractivity contribution is 4.78. The van der Waals surface area contributed by atoms with Crippen molar-refractivity contribution in [1.29, 1.82) is 0 Å². The van der Waals surface area contributed by atoms with Gasteiger partial charge < -0.3 is 10.0 Å². The molecule has 0 spiro atoms. The van der Waals surface area contributed by atoms with E-state index in [4.69, 9.17) is 0 Å². The topological polar surface area (TPSA) is 23.5 Å². The monoisotopic (exact) mass is 227 g/mol. The second kappa shape index (κ2) is 6.61. The minimum atomic E-state index is 0.103. The van der Waals surface area contributed by atoms with Gasteiger partial charge in [-0.1, -0.05) is 27.2 Å². The van der Waals surface area contributed by atoms with Crippen LogP contribution in [0.4, 0.5) is 0 Å². The number of nitrogens with zero attached hydrogens (tertiary/aromatic N) is 1. The third-order valence-electron chi connectivity index (χ3n) is 4.36. The van der Waals surface area contributed by atoms with Crippen molar-refractivity contribution in [2.45, 2.75) is 52.9 Å². The maximum absolute atomic E-state index is 9.46. The molecule has 0 saturated carbocycles. The van der Waals surface area contributed by atoms with Crippen LogP contribution in [0.3, 0.4) is 0 Å². The molecule has 0 aromatic heterocycles. The van der Waals surface area contributed by atoms with Crippen molar-refractivity contribution in [3.63, 3.8) is 0 Å². The van der Waals surface area contributed by atoms with Crippen LogP contribution in [0.2, 0.25) is 0 Å². The van der Waals surface area contributed by atoms with Crippen molar-refractivity contribution in [3.05, 3.63) is 0 Å². The highest BCUT2D eigenvalue weighted by atomic mass is 16.3. The average molecular weight is 227 g/mol. The largest absolute Gasteiger partial charge is 0.396 e. The first-order valence-corrected chi connectivity index (χ1v) is 6.96. The number of hydrogen-bond acceptors (Lipinski definition) is 2. The van der Waals surface area contributed by atoms with E-state index in [1.54, 1.807) is 0 Å². The van der Waals surface area contributed by atoms with Gasteiger partial charge in [0.15, 0.2) is 0 Å². The molecule has 1 fully saturated rings. The predicted molar refractivity (Wildman–Crippen MR) is 69.6 cm³/mol. The Hall–Kier alpha value is -0.0800. The summed E-state index contributed by atoms with van der Waals surface area (Å²) < 4.78 is 0. The lowest BCUT2D eigenvalue weighted by molar-refractivity contribution is 0.0856. The molecular formula is C14H29NO. The summed E-state index contributed by atoms with van der Waals surface area (Å²) in [5.41, 5.74) is 0.103. The van der Waals surface area contributed by atoms with Crippen molar-refractivity contribution >= 4 is 0 Å². The van der Waals surface area contributed by atoms with Crippen LogP contribution in [0, 0.1) is 11.3 Å². The predicted octanol–water partition coefficient (Wildman–Crippen LogP) is 2.91. The Bertz CT molecular complexity index is 189. The summed E-state index contributed by atoms with van der Waals surface area (Å²) in [6, 6.07) is 0. The lowest BCUT2D eigenvalue weighted by Crippen LogP contribution is -2.38. The highest BCUT2D eigenvalue weighted by Gasteiger charge is 2.25. The molecule has 2 unspecified atom stereocenters. The van der Waals surface area contributed by atoms with E-state index in [-0.39, 0.29) is 5.41 Å². The summed E-state index contributed by atoms with van der Waals surface area (Å²) >= 11 is 0. The number of hydrogen-bond donors (Lipinski definition) is 1. The van der Waals surface area contributed by atoms with E-state index in [1.807, 2.05) is 0 Å². The molecule has 0 amide bonds. The summed E-state index contributed by atoms with van der Waals surface area (Å²) in [4.78, 5) is 2.56. The first-order chi connectivity index (χ1) is 7.63. The zero-order valence-corrected chi connectivity index (χ0v) is 11.3. The Labute approximate surface area is 101 Å². The summed E-state index contributed by atoms with van der Waals surface area (Å²) in [7, 11) is 0. The van der Waals surface area contributed by atoms with Gasteiger partial charge in [0.25, 0.3) is 0 Å². The van der Waals surface area contributed by atoms with Gasteiger partial charge in [-0.2, -0.15) is 0 Å². The summed E-state index contributed by atoms with van der Waals surface area (Å²) in [6.07, 6.45) is 6.48. The summed E-state index contributed by atoms with van der Waals surface area (Å²) in [5, 5.41) is 9.46. The minimum Gasteiger partial charge on any atom is -0.396 e. The van der Waals surface area contributed by atoms with E-state index in [0.717, 1.165) is 18.9 Å². The van der Waals surface area contributed by atoms with Crippen molar-refractivity contribution in [3.8, 4) is 0 Å². The Balaban J connectivity index is 2.42. The fourth-order valence-corrected chi connectivity index (χ4v) is 2.60. The molecule has 1 aliphatic heterocycles. The van der Waals surface area contributed by atoms with Crippen molar-refractivity contribution in [2.24, 2.45) is 11.3 Å². The van der Waals surface area contributed by atoms with Crippen LogP contribution in [0.1, 0.15) is 52.9 Å². The van der Waals surface area contributed by atoms with Crippen LogP contribution in [0.15, 0.2) is 0 Å². The molecular weight excluding hydrogens is 198 g/mol. The van der Waals surface area contributed by atoms with Crippen LogP contribution < -0.4 is 0 Å². The van der Waals surface area contributed by atoms with Gasteiger partial charge in [0, 0.05) is 18.6 Å². The Morgan fingerprint density at radius 3 is 2.56 bits per heavy atom. The third kappa shape index (κ3) is 4.06. The molecule has 0 radical (unpaired) electrons. The molecule has 2 nitrogen and oxygen atoms in total. The molecule has 1 rings (SSSR count). The van der Waals surface area contributed by atoms with Gasteiger partial charge >= 0.3 is 0 Å². The second-order valence-corrected chi connectivity index (χ2v) is 5.80. The van der Waals surface area contributed by atoms with Gasteiger partial charge in [0.2, 0.25) is 0 Å². The number of aliphatic hydroxyl groups excluding tert-OH is 1. The lowest BCUT2D eigenvalue weighted by Gasteiger charge is -2.32. The number of rotatable bonds is 5. The van der Waals surface area contributed by atoms with Gasteiger partial charge in [-0.3, -0.25) is 0 Å². The van der Waals surface area contributed by atoms with Crippen LogP contribution in [-0.4, -0.2) is 36.2 Å². The first kappa shape index (κ1) is 14.0. The normalized spacial score (nSPS) is 27.4. The summed E-state index contributed by atoms with van der Waals surface area (Å²) in [6.45, 7) is 10.5. The molecule has 2 atom stereocenters. The van der Waals surface area contributed by atoms with Crippen LogP contribution in [-0.2, 0) is 0 Å². The zero-order valence-electron chi connectivity index (χ0n) is 11.3. The SMILES string of the molecule is CCC1CCCN(CC(C)(CC)CO)CC1. The van der Waals surface area contributed by atoms with E-state index in [0.29, 0.717) is 6.61 Å². The number of likely N-dealkylation sites (tertiary alicyclic amines) is 1. The Kier molecular flexibility index (Phi) is 5.77. The zero-order chi connectivity index (χ0) is 12.0. The third-order valence-corrected chi connectivity index (χ3v) is 4.36. The fourth-order valence-electron chi connectivity index (χ4n) is 2.60. The van der Waals surface area contributed by atoms with Crippen LogP contribution >= 0.6 is 0 Å². The van der Waals surface area contributed by atoms with Crippen LogP contribution in [0.5, 0.6) is 0 Å². The quantitative estimate of drug-likeness (QED) is 0.780. The molecule has 16 heavy (non-hydrogen) atoms. The Morgan fingerprint density at radius 2 is 2.00 bits per heavy atom. The maximum atomic E-state index is 9.46. The van der Waals surface area contributed by atoms with Crippen molar-refractivity contribution in [2.75, 3.05) is 26.2 Å². The fraction of sp³-hybridized carbons (Fsp3) is 1.00. The first-order valence-electron chi connectivity index (χ1n) is 6.96. The van der Waals surface area contributed by atoms with Gasteiger partial charge in [0.05, 0.1) is 0 Å². The standard InChI is InChI=1S/C14H29NO/c1-4-13-7-6-9-15(10-8-13)11-14(3,5-2)12-16/h13,16H,4-12H2,1-3H3. The van der Waals surface area contributed by atoms with Crippen molar-refractivity contribution in [1.82, 2.24) is 4.90 Å². The van der Waals surface area contributed by atoms with Crippen LogP contribution in [0.25, 0.3) is 0 Å². The second-order valence-electron chi connectivity index (χ2n) is 5.80. The van der Waals surface area contributed by atoms with Gasteiger partial charge in [-0.05, 0) is 44.7 Å². The molecule has 0 aliphatic carbocycles. The lowest BCUT2D eigenvalue weighted by atomic mass is 9.88. The number of aliphatic hydroxyl groups is 1. The van der Waals surface area contributed by atoms with E-state index in [9.17, 15) is 5.11 Å². The molecule has 1 saturated heterocycles. The molecule has 1 heterocycles. The average Bonchev–Trinajstić information content (AvgIpc) is 2.54. The molecule has 1 aliphatic rings. The molecule has 0 bridgehead atoms. The Morgan fingerprint density at radius 1 is 1.25 bits per heavy atom. The molecule has 2 heteroatoms. The molecule has 96 valence electrons. The van der Waals surface area contributed by atoms with E-state index in [1.165, 1.54) is 38.8 Å². The van der Waals surface area contributed by atoms with E-state index in [2.05, 4.69) is 25.7 Å². The van der Waals surface area contributed by atoms with Crippen molar-refractivity contribution < 1.29 is 5.11 Å². The van der Waals surface area contributed by atoms with Gasteiger partial charge in [0.1, 0.15) is 0 Å². The van der Waals surface area contributed by atoms with E-state index < -0.39 is 0 Å². The van der Waals surface area contributed by atoms with Gasteiger partial charge in [-0.25, -0.2) is 0 Å². The molecule has 0 aromatic carbocycles. The molecule has 1 N–H and O–H groups in total. The molecule has 0 aromatic rings.